The largest absolute Gasteiger partial charge is 0.508 e. The number of phenols is 1. The van der Waals surface area contributed by atoms with E-state index >= 15 is 0 Å². The Balaban J connectivity index is 2.01. The molecule has 0 aliphatic rings. The van der Waals surface area contributed by atoms with Gasteiger partial charge in [-0.3, -0.25) is 4.79 Å². The highest BCUT2D eigenvalue weighted by Gasteiger charge is 2.08. The molecule has 0 spiro atoms. The van der Waals surface area contributed by atoms with Crippen LogP contribution in [-0.4, -0.2) is 17.2 Å². The minimum absolute atomic E-state index is 0.0645. The molecule has 0 atom stereocenters. The molecule has 0 unspecified atom stereocenters. The van der Waals surface area contributed by atoms with E-state index in [-0.39, 0.29) is 11.3 Å². The molecule has 19 heavy (non-hydrogen) atoms. The van der Waals surface area contributed by atoms with Crippen LogP contribution in [0.25, 0.3) is 0 Å². The van der Waals surface area contributed by atoms with Gasteiger partial charge in [-0.1, -0.05) is 12.1 Å². The molecule has 0 aliphatic carbocycles. The van der Waals surface area contributed by atoms with Crippen LogP contribution in [0.2, 0.25) is 0 Å². The summed E-state index contributed by atoms with van der Waals surface area (Å²) in [7, 11) is 0. The van der Waals surface area contributed by atoms with Crippen molar-refractivity contribution in [1.29, 1.82) is 0 Å². The normalized spacial score (nSPS) is 10.6. The Hall–Kier alpha value is -2.69. The lowest BCUT2D eigenvalue weighted by molar-refractivity contribution is 0.0951. The van der Waals surface area contributed by atoms with Crippen LogP contribution in [0.4, 0.5) is 4.39 Å². The van der Waals surface area contributed by atoms with Crippen LogP contribution in [0.3, 0.4) is 0 Å². The van der Waals surface area contributed by atoms with E-state index in [0.717, 1.165) is 0 Å². The molecule has 2 N–H and O–H groups in total. The van der Waals surface area contributed by atoms with E-state index in [1.807, 2.05) is 0 Å². The van der Waals surface area contributed by atoms with E-state index in [1.165, 1.54) is 36.5 Å². The lowest BCUT2D eigenvalue weighted by Crippen LogP contribution is -2.18. The van der Waals surface area contributed by atoms with Crippen molar-refractivity contribution in [3.05, 3.63) is 65.5 Å². The number of aromatic hydroxyl groups is 1. The van der Waals surface area contributed by atoms with Crippen molar-refractivity contribution < 1.29 is 14.3 Å². The Morgan fingerprint density at radius 2 is 1.84 bits per heavy atom. The van der Waals surface area contributed by atoms with Gasteiger partial charge in [-0.25, -0.2) is 9.82 Å². The average molecular weight is 258 g/mol. The van der Waals surface area contributed by atoms with E-state index in [0.29, 0.717) is 5.56 Å². The molecular weight excluding hydrogens is 247 g/mol. The quantitative estimate of drug-likeness (QED) is 0.655. The summed E-state index contributed by atoms with van der Waals surface area (Å²) in [6.45, 7) is 0. The van der Waals surface area contributed by atoms with E-state index in [1.54, 1.807) is 18.2 Å². The first-order valence-electron chi connectivity index (χ1n) is 5.54. The van der Waals surface area contributed by atoms with Crippen molar-refractivity contribution in [3.63, 3.8) is 0 Å². The van der Waals surface area contributed by atoms with Gasteiger partial charge in [-0.15, -0.1) is 0 Å². The van der Waals surface area contributed by atoms with Gasteiger partial charge in [-0.2, -0.15) is 5.10 Å². The topological polar surface area (TPSA) is 61.7 Å². The second-order valence-electron chi connectivity index (χ2n) is 3.77. The van der Waals surface area contributed by atoms with Crippen LogP contribution in [0, 0.1) is 5.82 Å². The second-order valence-corrected chi connectivity index (χ2v) is 3.77. The summed E-state index contributed by atoms with van der Waals surface area (Å²) < 4.78 is 13.3. The molecule has 0 radical (unpaired) electrons. The number of carbonyl (C=O) groups excluding carboxylic acids is 1. The first kappa shape index (κ1) is 12.8. The van der Waals surface area contributed by atoms with Gasteiger partial charge < -0.3 is 5.11 Å². The van der Waals surface area contributed by atoms with Gasteiger partial charge in [0.15, 0.2) is 0 Å². The molecule has 0 aliphatic heterocycles. The maximum Gasteiger partial charge on any atom is 0.274 e. The summed E-state index contributed by atoms with van der Waals surface area (Å²) in [5, 5.41) is 12.8. The second kappa shape index (κ2) is 5.77. The number of amides is 1. The fourth-order valence-electron chi connectivity index (χ4n) is 1.43. The molecular formula is C14H11FN2O2. The first-order valence-corrected chi connectivity index (χ1v) is 5.54. The summed E-state index contributed by atoms with van der Waals surface area (Å²) in [4.78, 5) is 11.6. The number of benzene rings is 2. The van der Waals surface area contributed by atoms with Crippen LogP contribution < -0.4 is 5.43 Å². The summed E-state index contributed by atoms with van der Waals surface area (Å²) in [5.74, 6) is -1.07. The molecule has 5 heteroatoms. The zero-order chi connectivity index (χ0) is 13.7. The maximum absolute atomic E-state index is 13.3. The van der Waals surface area contributed by atoms with E-state index in [4.69, 9.17) is 5.11 Å². The van der Waals surface area contributed by atoms with Gasteiger partial charge in [0.2, 0.25) is 0 Å². The molecule has 0 aromatic heterocycles. The standard InChI is InChI=1S/C14H11FN2O2/c15-13-4-2-1-3-12(13)14(19)17-16-9-10-5-7-11(18)8-6-10/h1-9,18H,(H,17,19)/b16-9+. The maximum atomic E-state index is 13.3. The minimum atomic E-state index is -0.617. The molecule has 96 valence electrons. The fourth-order valence-corrected chi connectivity index (χ4v) is 1.43. The van der Waals surface area contributed by atoms with Crippen LogP contribution in [0.15, 0.2) is 53.6 Å². The SMILES string of the molecule is O=C(N/N=C/c1ccc(O)cc1)c1ccccc1F. The van der Waals surface area contributed by atoms with Crippen molar-refractivity contribution in [1.82, 2.24) is 5.43 Å². The smallest absolute Gasteiger partial charge is 0.274 e. The average Bonchev–Trinajstić information content (AvgIpc) is 2.41. The van der Waals surface area contributed by atoms with E-state index in [9.17, 15) is 9.18 Å². The zero-order valence-corrected chi connectivity index (χ0v) is 9.88. The Labute approximate surface area is 109 Å². The third-order valence-corrected chi connectivity index (χ3v) is 2.39. The predicted molar refractivity (Wildman–Crippen MR) is 69.6 cm³/mol. The Bertz CT molecular complexity index is 609. The molecule has 0 fully saturated rings. The summed E-state index contributed by atoms with van der Waals surface area (Å²) in [6.07, 6.45) is 1.40. The third kappa shape index (κ3) is 3.38. The Morgan fingerprint density at radius 1 is 1.16 bits per heavy atom. The Kier molecular flexibility index (Phi) is 3.87. The third-order valence-electron chi connectivity index (χ3n) is 2.39. The number of halogens is 1. The molecule has 2 aromatic rings. The van der Waals surface area contributed by atoms with Crippen molar-refractivity contribution >= 4 is 12.1 Å². The van der Waals surface area contributed by atoms with Gasteiger partial charge >= 0.3 is 0 Å². The Morgan fingerprint density at radius 3 is 2.53 bits per heavy atom. The number of carbonyl (C=O) groups is 1. The highest BCUT2D eigenvalue weighted by atomic mass is 19.1. The van der Waals surface area contributed by atoms with Gasteiger partial charge in [0.05, 0.1) is 11.8 Å². The van der Waals surface area contributed by atoms with Crippen molar-refractivity contribution in [2.24, 2.45) is 5.10 Å². The van der Waals surface area contributed by atoms with E-state index in [2.05, 4.69) is 10.5 Å². The zero-order valence-electron chi connectivity index (χ0n) is 9.88. The molecule has 4 nitrogen and oxygen atoms in total. The molecule has 2 rings (SSSR count). The number of hydrazone groups is 1. The highest BCUT2D eigenvalue weighted by molar-refractivity contribution is 5.95. The van der Waals surface area contributed by atoms with E-state index < -0.39 is 11.7 Å². The predicted octanol–water partition coefficient (Wildman–Crippen LogP) is 2.30. The van der Waals surface area contributed by atoms with Crippen molar-refractivity contribution in [2.45, 2.75) is 0 Å². The summed E-state index contributed by atoms with van der Waals surface area (Å²) in [5.41, 5.74) is 2.87. The van der Waals surface area contributed by atoms with Crippen LogP contribution in [0.5, 0.6) is 5.75 Å². The number of nitrogens with one attached hydrogen (secondary N) is 1. The molecule has 0 heterocycles. The highest BCUT2D eigenvalue weighted by Crippen LogP contribution is 2.08. The monoisotopic (exact) mass is 258 g/mol. The fraction of sp³-hybridized carbons (Fsp3) is 0. The van der Waals surface area contributed by atoms with Crippen molar-refractivity contribution in [3.8, 4) is 5.75 Å². The van der Waals surface area contributed by atoms with Gasteiger partial charge in [0.25, 0.3) is 5.91 Å². The number of nitrogens with zero attached hydrogens (tertiary/aromatic N) is 1. The van der Waals surface area contributed by atoms with Crippen molar-refractivity contribution in [2.75, 3.05) is 0 Å². The molecule has 0 bridgehead atoms. The number of hydrogen-bond acceptors (Lipinski definition) is 3. The molecule has 0 saturated heterocycles. The number of rotatable bonds is 3. The first-order chi connectivity index (χ1) is 9.16. The van der Waals surface area contributed by atoms with Gasteiger partial charge in [0.1, 0.15) is 11.6 Å². The molecule has 2 aromatic carbocycles. The lowest BCUT2D eigenvalue weighted by Gasteiger charge is -2.00. The summed E-state index contributed by atoms with van der Waals surface area (Å²) in [6, 6.07) is 11.9. The van der Waals surface area contributed by atoms with Crippen LogP contribution in [0.1, 0.15) is 15.9 Å². The van der Waals surface area contributed by atoms with Crippen LogP contribution in [-0.2, 0) is 0 Å². The van der Waals surface area contributed by atoms with Gasteiger partial charge in [-0.05, 0) is 42.0 Å². The number of phenolic OH excluding ortho intramolecular Hbond substituents is 1. The molecule has 0 saturated carbocycles. The van der Waals surface area contributed by atoms with Crippen LogP contribution >= 0.6 is 0 Å². The molecule has 1 amide bonds. The minimum Gasteiger partial charge on any atom is -0.508 e. The number of hydrogen-bond donors (Lipinski definition) is 2. The lowest BCUT2D eigenvalue weighted by atomic mass is 10.2. The van der Waals surface area contributed by atoms with Gasteiger partial charge in [0, 0.05) is 0 Å². The summed E-state index contributed by atoms with van der Waals surface area (Å²) >= 11 is 0.